The number of hydrogen-bond acceptors (Lipinski definition) is 3. The SMILES string of the molecule is CCC(C)(C)NC(C)C(N)=NO. The molecule has 4 N–H and O–H groups in total. The number of amidine groups is 1. The molecule has 0 aliphatic carbocycles. The number of nitrogens with one attached hydrogen (secondary N) is 1. The zero-order valence-corrected chi connectivity index (χ0v) is 8.26. The minimum Gasteiger partial charge on any atom is -0.409 e. The summed E-state index contributed by atoms with van der Waals surface area (Å²) in [6, 6.07) is -0.0926. The second kappa shape index (κ2) is 4.30. The number of oxime groups is 1. The molecule has 0 spiro atoms. The molecule has 0 amide bonds. The molecule has 1 atom stereocenters. The molecule has 0 fully saturated rings. The van der Waals surface area contributed by atoms with Gasteiger partial charge in [-0.15, -0.1) is 0 Å². The molecular weight excluding hydrogens is 154 g/mol. The summed E-state index contributed by atoms with van der Waals surface area (Å²) >= 11 is 0. The molecule has 0 bridgehead atoms. The molecule has 0 radical (unpaired) electrons. The lowest BCUT2D eigenvalue weighted by Gasteiger charge is -2.28. The molecule has 0 aromatic heterocycles. The maximum Gasteiger partial charge on any atom is 0.156 e. The molecule has 0 rings (SSSR count). The summed E-state index contributed by atoms with van der Waals surface area (Å²) in [5.41, 5.74) is 5.44. The maximum absolute atomic E-state index is 8.40. The fourth-order valence-electron chi connectivity index (χ4n) is 0.849. The smallest absolute Gasteiger partial charge is 0.156 e. The Labute approximate surface area is 73.8 Å². The van der Waals surface area contributed by atoms with Crippen molar-refractivity contribution >= 4 is 5.84 Å². The Morgan fingerprint density at radius 2 is 2.17 bits per heavy atom. The van der Waals surface area contributed by atoms with Gasteiger partial charge in [-0.25, -0.2) is 0 Å². The van der Waals surface area contributed by atoms with Crippen molar-refractivity contribution in [1.29, 1.82) is 0 Å². The normalized spacial score (nSPS) is 16.2. The summed E-state index contributed by atoms with van der Waals surface area (Å²) in [6.45, 7) is 8.11. The van der Waals surface area contributed by atoms with Crippen LogP contribution in [-0.2, 0) is 0 Å². The van der Waals surface area contributed by atoms with Crippen molar-refractivity contribution < 1.29 is 5.21 Å². The van der Waals surface area contributed by atoms with Crippen molar-refractivity contribution in [3.05, 3.63) is 0 Å². The lowest BCUT2D eigenvalue weighted by atomic mass is 10.0. The Kier molecular flexibility index (Phi) is 4.03. The van der Waals surface area contributed by atoms with Gasteiger partial charge in [-0.1, -0.05) is 12.1 Å². The molecule has 0 heterocycles. The third-order valence-electron chi connectivity index (χ3n) is 2.05. The standard InChI is InChI=1S/C8H19N3O/c1-5-8(3,4)10-6(2)7(9)11-12/h6,10,12H,5H2,1-4H3,(H2,9,11). The topological polar surface area (TPSA) is 70.6 Å². The Bertz CT molecular complexity index is 166. The van der Waals surface area contributed by atoms with Crippen LogP contribution in [0.4, 0.5) is 0 Å². The number of rotatable bonds is 4. The molecular formula is C8H19N3O. The summed E-state index contributed by atoms with van der Waals surface area (Å²) in [6.07, 6.45) is 0.996. The van der Waals surface area contributed by atoms with E-state index >= 15 is 0 Å². The first-order chi connectivity index (χ1) is 5.43. The molecule has 0 saturated heterocycles. The molecule has 0 aromatic rings. The van der Waals surface area contributed by atoms with Crippen molar-refractivity contribution in [1.82, 2.24) is 5.32 Å². The minimum atomic E-state index is -0.0926. The van der Waals surface area contributed by atoms with E-state index in [9.17, 15) is 0 Å². The fourth-order valence-corrected chi connectivity index (χ4v) is 0.849. The van der Waals surface area contributed by atoms with Crippen molar-refractivity contribution in [2.45, 2.75) is 45.7 Å². The Morgan fingerprint density at radius 1 is 1.67 bits per heavy atom. The van der Waals surface area contributed by atoms with E-state index in [0.29, 0.717) is 0 Å². The first-order valence-electron chi connectivity index (χ1n) is 4.18. The first-order valence-corrected chi connectivity index (χ1v) is 4.18. The molecule has 4 nitrogen and oxygen atoms in total. The predicted molar refractivity (Wildman–Crippen MR) is 50.4 cm³/mol. The van der Waals surface area contributed by atoms with Gasteiger partial charge in [0.05, 0.1) is 6.04 Å². The van der Waals surface area contributed by atoms with E-state index in [0.717, 1.165) is 6.42 Å². The number of hydrogen-bond donors (Lipinski definition) is 3. The van der Waals surface area contributed by atoms with E-state index in [2.05, 4.69) is 31.2 Å². The monoisotopic (exact) mass is 173 g/mol. The summed E-state index contributed by atoms with van der Waals surface area (Å²) in [4.78, 5) is 0. The van der Waals surface area contributed by atoms with Gasteiger partial charge in [0, 0.05) is 5.54 Å². The van der Waals surface area contributed by atoms with Crippen LogP contribution in [0.15, 0.2) is 5.16 Å². The summed E-state index contributed by atoms with van der Waals surface area (Å²) in [5.74, 6) is 0.219. The lowest BCUT2D eigenvalue weighted by molar-refractivity contribution is 0.309. The average molecular weight is 173 g/mol. The highest BCUT2D eigenvalue weighted by Gasteiger charge is 2.19. The lowest BCUT2D eigenvalue weighted by Crippen LogP contribution is -2.49. The van der Waals surface area contributed by atoms with E-state index in [1.807, 2.05) is 6.92 Å². The average Bonchev–Trinajstić information content (AvgIpc) is 2.02. The zero-order chi connectivity index (χ0) is 9.78. The molecule has 1 unspecified atom stereocenters. The Morgan fingerprint density at radius 3 is 2.50 bits per heavy atom. The molecule has 0 aromatic carbocycles. The summed E-state index contributed by atoms with van der Waals surface area (Å²) in [7, 11) is 0. The molecule has 12 heavy (non-hydrogen) atoms. The van der Waals surface area contributed by atoms with Crippen LogP contribution in [0.3, 0.4) is 0 Å². The predicted octanol–water partition coefficient (Wildman–Crippen LogP) is 0.900. The van der Waals surface area contributed by atoms with Gasteiger partial charge in [0.15, 0.2) is 5.84 Å². The van der Waals surface area contributed by atoms with Crippen molar-refractivity contribution in [3.8, 4) is 0 Å². The summed E-state index contributed by atoms with van der Waals surface area (Å²) in [5, 5.41) is 14.6. The van der Waals surface area contributed by atoms with Crippen LogP contribution in [0.1, 0.15) is 34.1 Å². The molecule has 4 heteroatoms. The second-order valence-corrected chi connectivity index (χ2v) is 3.63. The van der Waals surface area contributed by atoms with Gasteiger partial charge < -0.3 is 16.3 Å². The van der Waals surface area contributed by atoms with Crippen LogP contribution in [-0.4, -0.2) is 22.6 Å². The molecule has 72 valence electrons. The third kappa shape index (κ3) is 3.57. The summed E-state index contributed by atoms with van der Waals surface area (Å²) < 4.78 is 0. The highest BCUT2D eigenvalue weighted by atomic mass is 16.4. The van der Waals surface area contributed by atoms with E-state index in [-0.39, 0.29) is 17.4 Å². The van der Waals surface area contributed by atoms with Gasteiger partial charge in [-0.2, -0.15) is 0 Å². The number of nitrogens with zero attached hydrogens (tertiary/aromatic N) is 1. The van der Waals surface area contributed by atoms with Gasteiger partial charge in [-0.05, 0) is 27.2 Å². The Balaban J connectivity index is 4.09. The van der Waals surface area contributed by atoms with E-state index in [1.165, 1.54) is 0 Å². The van der Waals surface area contributed by atoms with Crippen molar-refractivity contribution in [3.63, 3.8) is 0 Å². The minimum absolute atomic E-state index is 0.0225. The Hall–Kier alpha value is -0.770. The van der Waals surface area contributed by atoms with E-state index in [1.54, 1.807) is 0 Å². The third-order valence-corrected chi connectivity index (χ3v) is 2.05. The van der Waals surface area contributed by atoms with Crippen LogP contribution in [0.25, 0.3) is 0 Å². The quantitative estimate of drug-likeness (QED) is 0.256. The van der Waals surface area contributed by atoms with Gasteiger partial charge in [-0.3, -0.25) is 0 Å². The van der Waals surface area contributed by atoms with Crippen LogP contribution >= 0.6 is 0 Å². The highest BCUT2D eigenvalue weighted by Crippen LogP contribution is 2.07. The zero-order valence-electron chi connectivity index (χ0n) is 8.26. The van der Waals surface area contributed by atoms with Gasteiger partial charge in [0.25, 0.3) is 0 Å². The van der Waals surface area contributed by atoms with E-state index < -0.39 is 0 Å². The van der Waals surface area contributed by atoms with Crippen LogP contribution < -0.4 is 11.1 Å². The fraction of sp³-hybridized carbons (Fsp3) is 0.875. The van der Waals surface area contributed by atoms with Gasteiger partial charge in [0.1, 0.15) is 0 Å². The van der Waals surface area contributed by atoms with Crippen LogP contribution in [0.2, 0.25) is 0 Å². The largest absolute Gasteiger partial charge is 0.409 e. The van der Waals surface area contributed by atoms with Crippen molar-refractivity contribution in [2.75, 3.05) is 0 Å². The highest BCUT2D eigenvalue weighted by molar-refractivity contribution is 5.84. The van der Waals surface area contributed by atoms with Gasteiger partial charge >= 0.3 is 0 Å². The van der Waals surface area contributed by atoms with Crippen LogP contribution in [0, 0.1) is 0 Å². The van der Waals surface area contributed by atoms with E-state index in [4.69, 9.17) is 10.9 Å². The van der Waals surface area contributed by atoms with Crippen LogP contribution in [0.5, 0.6) is 0 Å². The molecule has 0 saturated carbocycles. The first kappa shape index (κ1) is 11.2. The number of nitrogens with two attached hydrogens (primary N) is 1. The maximum atomic E-state index is 8.40. The van der Waals surface area contributed by atoms with Gasteiger partial charge in [0.2, 0.25) is 0 Å². The molecule has 0 aliphatic rings. The van der Waals surface area contributed by atoms with Crippen molar-refractivity contribution in [2.24, 2.45) is 10.9 Å². The molecule has 0 aliphatic heterocycles. The second-order valence-electron chi connectivity index (χ2n) is 3.63.